The zero-order valence-corrected chi connectivity index (χ0v) is 14.7. The molecule has 0 aliphatic rings. The van der Waals surface area contributed by atoms with Crippen molar-refractivity contribution in [2.24, 2.45) is 0 Å². The van der Waals surface area contributed by atoms with Crippen LogP contribution in [0.25, 0.3) is 6.08 Å². The number of rotatable bonds is 5. The number of hydrogen-bond donors (Lipinski definition) is 3. The van der Waals surface area contributed by atoms with Gasteiger partial charge in [0, 0.05) is 12.1 Å². The summed E-state index contributed by atoms with van der Waals surface area (Å²) in [4.78, 5) is 24.1. The van der Waals surface area contributed by atoms with Crippen LogP contribution in [0.3, 0.4) is 0 Å². The Morgan fingerprint density at radius 2 is 1.92 bits per heavy atom. The van der Waals surface area contributed by atoms with Crippen LogP contribution >= 0.6 is 12.2 Å². The van der Waals surface area contributed by atoms with E-state index < -0.39 is 5.91 Å². The fourth-order valence-electron chi connectivity index (χ4n) is 1.98. The molecule has 0 atom stereocenters. The van der Waals surface area contributed by atoms with Gasteiger partial charge in [-0.05, 0) is 56.4 Å². The molecule has 0 aliphatic heterocycles. The van der Waals surface area contributed by atoms with Crippen LogP contribution in [0.4, 0.5) is 5.69 Å². The van der Waals surface area contributed by atoms with Crippen LogP contribution in [0.5, 0.6) is 0 Å². The normalized spacial score (nSPS) is 10.7. The first-order valence-electron chi connectivity index (χ1n) is 7.69. The third-order valence-electron chi connectivity index (χ3n) is 3.02. The number of benzene rings is 1. The van der Waals surface area contributed by atoms with Crippen LogP contribution < -0.4 is 16.0 Å². The summed E-state index contributed by atoms with van der Waals surface area (Å²) in [6.07, 6.45) is 4.36. The molecule has 0 unspecified atom stereocenters. The summed E-state index contributed by atoms with van der Waals surface area (Å²) in [5, 5.41) is 8.30. The van der Waals surface area contributed by atoms with Gasteiger partial charge in [0.25, 0.3) is 5.91 Å². The monoisotopic (exact) mass is 357 g/mol. The van der Waals surface area contributed by atoms with Crippen molar-refractivity contribution >= 4 is 40.9 Å². The number of furan rings is 1. The number of nitrogens with one attached hydrogen (secondary N) is 3. The second-order valence-corrected chi connectivity index (χ2v) is 5.87. The maximum absolute atomic E-state index is 12.2. The Bertz CT molecular complexity index is 783. The lowest BCUT2D eigenvalue weighted by Gasteiger charge is -2.14. The summed E-state index contributed by atoms with van der Waals surface area (Å²) in [5.74, 6) is -0.0623. The summed E-state index contributed by atoms with van der Waals surface area (Å²) in [6.45, 7) is 3.76. The van der Waals surface area contributed by atoms with Crippen molar-refractivity contribution < 1.29 is 14.0 Å². The van der Waals surface area contributed by atoms with E-state index in [9.17, 15) is 9.59 Å². The van der Waals surface area contributed by atoms with Gasteiger partial charge in [-0.3, -0.25) is 14.9 Å². The summed E-state index contributed by atoms with van der Waals surface area (Å²) in [6, 6.07) is 10.4. The molecule has 0 bridgehead atoms. The molecule has 1 aromatic carbocycles. The highest BCUT2D eigenvalue weighted by Crippen LogP contribution is 2.15. The number of hydrogen-bond acceptors (Lipinski definition) is 4. The molecular weight excluding hydrogens is 338 g/mol. The maximum Gasteiger partial charge on any atom is 0.253 e. The van der Waals surface area contributed by atoms with Crippen LogP contribution in [0.2, 0.25) is 0 Å². The SMILES string of the molecule is CC(C)NC(=O)c1ccccc1NC(=S)NC(=O)C=Cc1ccco1. The molecule has 0 spiro atoms. The van der Waals surface area contributed by atoms with Gasteiger partial charge >= 0.3 is 0 Å². The lowest BCUT2D eigenvalue weighted by atomic mass is 10.1. The molecule has 6 nitrogen and oxygen atoms in total. The van der Waals surface area contributed by atoms with E-state index in [4.69, 9.17) is 16.6 Å². The van der Waals surface area contributed by atoms with E-state index in [0.29, 0.717) is 17.0 Å². The van der Waals surface area contributed by atoms with Gasteiger partial charge in [-0.15, -0.1) is 0 Å². The van der Waals surface area contributed by atoms with Crippen molar-refractivity contribution in [1.82, 2.24) is 10.6 Å². The topological polar surface area (TPSA) is 83.4 Å². The van der Waals surface area contributed by atoms with E-state index in [1.54, 1.807) is 36.4 Å². The molecule has 2 rings (SSSR count). The number of carbonyl (C=O) groups is 2. The second kappa shape index (κ2) is 8.79. The van der Waals surface area contributed by atoms with E-state index in [1.165, 1.54) is 18.4 Å². The van der Waals surface area contributed by atoms with Crippen molar-refractivity contribution in [1.29, 1.82) is 0 Å². The molecule has 1 aromatic heterocycles. The minimum atomic E-state index is -0.405. The minimum Gasteiger partial charge on any atom is -0.465 e. The van der Waals surface area contributed by atoms with Gasteiger partial charge in [0.15, 0.2) is 5.11 Å². The van der Waals surface area contributed by atoms with Crippen LogP contribution in [0.1, 0.15) is 30.0 Å². The van der Waals surface area contributed by atoms with Crippen molar-refractivity contribution in [3.05, 3.63) is 60.1 Å². The number of amides is 2. The Kier molecular flexibility index (Phi) is 6.47. The number of para-hydroxylation sites is 1. The van der Waals surface area contributed by atoms with Gasteiger partial charge in [0.2, 0.25) is 5.91 Å². The van der Waals surface area contributed by atoms with E-state index in [0.717, 1.165) is 0 Å². The first-order chi connectivity index (χ1) is 12.0. The largest absolute Gasteiger partial charge is 0.465 e. The summed E-state index contributed by atoms with van der Waals surface area (Å²) >= 11 is 5.13. The van der Waals surface area contributed by atoms with Crippen LogP contribution in [-0.2, 0) is 4.79 Å². The van der Waals surface area contributed by atoms with Crippen molar-refractivity contribution in [3.8, 4) is 0 Å². The van der Waals surface area contributed by atoms with Gasteiger partial charge < -0.3 is 15.1 Å². The highest BCUT2D eigenvalue weighted by atomic mass is 32.1. The van der Waals surface area contributed by atoms with Gasteiger partial charge in [0.1, 0.15) is 5.76 Å². The lowest BCUT2D eigenvalue weighted by molar-refractivity contribution is -0.115. The Morgan fingerprint density at radius 3 is 2.60 bits per heavy atom. The number of anilines is 1. The van der Waals surface area contributed by atoms with Gasteiger partial charge in [-0.2, -0.15) is 0 Å². The molecular formula is C18H19N3O3S. The van der Waals surface area contributed by atoms with Crippen molar-refractivity contribution in [2.45, 2.75) is 19.9 Å². The predicted molar refractivity (Wildman–Crippen MR) is 101 cm³/mol. The first-order valence-corrected chi connectivity index (χ1v) is 8.10. The van der Waals surface area contributed by atoms with E-state index >= 15 is 0 Å². The Labute approximate surface area is 151 Å². The smallest absolute Gasteiger partial charge is 0.253 e. The third-order valence-corrected chi connectivity index (χ3v) is 3.22. The molecule has 2 aromatic rings. The molecule has 0 fully saturated rings. The van der Waals surface area contributed by atoms with E-state index in [1.807, 2.05) is 13.8 Å². The van der Waals surface area contributed by atoms with Gasteiger partial charge in [-0.1, -0.05) is 12.1 Å². The van der Waals surface area contributed by atoms with Crippen molar-refractivity contribution in [2.75, 3.05) is 5.32 Å². The lowest BCUT2D eigenvalue weighted by Crippen LogP contribution is -2.34. The molecule has 0 saturated heterocycles. The molecule has 3 N–H and O–H groups in total. The average Bonchev–Trinajstić information content (AvgIpc) is 3.06. The van der Waals surface area contributed by atoms with Crippen LogP contribution in [0.15, 0.2) is 53.2 Å². The third kappa shape index (κ3) is 5.89. The highest BCUT2D eigenvalue weighted by Gasteiger charge is 2.13. The molecule has 2 amide bonds. The number of thiocarbonyl (C=S) groups is 1. The fourth-order valence-corrected chi connectivity index (χ4v) is 2.19. The quantitative estimate of drug-likeness (QED) is 0.566. The molecule has 1 heterocycles. The number of carbonyl (C=O) groups excluding carboxylic acids is 2. The Balaban J connectivity index is 1.98. The fraction of sp³-hybridized carbons (Fsp3) is 0.167. The summed E-state index contributed by atoms with van der Waals surface area (Å²) in [5.41, 5.74) is 0.958. The zero-order chi connectivity index (χ0) is 18.2. The standard InChI is InChI=1S/C18H19N3O3S/c1-12(2)19-17(23)14-7-3-4-8-15(14)20-18(25)21-16(22)10-9-13-6-5-11-24-13/h3-12H,1-2H3,(H,19,23)(H2,20,21,22,25). The minimum absolute atomic E-state index is 0.0129. The van der Waals surface area contributed by atoms with E-state index in [-0.39, 0.29) is 17.1 Å². The van der Waals surface area contributed by atoms with Gasteiger partial charge in [0.05, 0.1) is 17.5 Å². The molecule has 25 heavy (non-hydrogen) atoms. The second-order valence-electron chi connectivity index (χ2n) is 5.47. The molecule has 0 aliphatic carbocycles. The Morgan fingerprint density at radius 1 is 1.16 bits per heavy atom. The van der Waals surface area contributed by atoms with E-state index in [2.05, 4.69) is 16.0 Å². The molecule has 7 heteroatoms. The molecule has 0 saturated carbocycles. The first kappa shape index (κ1) is 18.4. The summed E-state index contributed by atoms with van der Waals surface area (Å²) < 4.78 is 5.10. The summed E-state index contributed by atoms with van der Waals surface area (Å²) in [7, 11) is 0. The highest BCUT2D eigenvalue weighted by molar-refractivity contribution is 7.80. The molecule has 130 valence electrons. The zero-order valence-electron chi connectivity index (χ0n) is 13.9. The Hall–Kier alpha value is -2.93. The van der Waals surface area contributed by atoms with Crippen molar-refractivity contribution in [3.63, 3.8) is 0 Å². The van der Waals surface area contributed by atoms with Gasteiger partial charge in [-0.25, -0.2) is 0 Å². The van der Waals surface area contributed by atoms with Crippen LogP contribution in [-0.4, -0.2) is 23.0 Å². The maximum atomic E-state index is 12.2. The van der Waals surface area contributed by atoms with Crippen LogP contribution in [0, 0.1) is 0 Å². The molecule has 0 radical (unpaired) electrons. The average molecular weight is 357 g/mol. The predicted octanol–water partition coefficient (Wildman–Crippen LogP) is 2.94.